The minimum Gasteiger partial charge on any atom is -0.456 e. The molecule has 0 N–H and O–H groups in total. The Balaban J connectivity index is 1.35. The van der Waals surface area contributed by atoms with E-state index in [0.717, 1.165) is 77.5 Å². The van der Waals surface area contributed by atoms with Crippen LogP contribution in [0.2, 0.25) is 0 Å². The van der Waals surface area contributed by atoms with E-state index in [9.17, 15) is 0 Å². The minimum absolute atomic E-state index is 0.864. The third kappa shape index (κ3) is 3.62. The smallest absolute Gasteiger partial charge is 0.143 e. The molecule has 9 rings (SSSR count). The second-order valence-corrected chi connectivity index (χ2v) is 10.9. The maximum Gasteiger partial charge on any atom is 0.143 e. The van der Waals surface area contributed by atoms with Crippen molar-refractivity contribution in [3.8, 4) is 11.1 Å². The van der Waals surface area contributed by atoms with Gasteiger partial charge < -0.3 is 13.7 Å². The van der Waals surface area contributed by atoms with Crippen LogP contribution in [0.3, 0.4) is 0 Å². The third-order valence-corrected chi connectivity index (χ3v) is 8.46. The molecule has 0 unspecified atom stereocenters. The molecule has 7 aromatic carbocycles. The number of para-hydroxylation sites is 4. The van der Waals surface area contributed by atoms with E-state index in [0.29, 0.717) is 0 Å². The molecule has 2 aromatic heterocycles. The molecule has 0 aliphatic heterocycles. The molecular weight excluding hydrogens is 526 g/mol. The summed E-state index contributed by atoms with van der Waals surface area (Å²) in [7, 11) is 0. The highest BCUT2D eigenvalue weighted by Gasteiger charge is 2.23. The lowest BCUT2D eigenvalue weighted by Gasteiger charge is -2.28. The first-order valence-electron chi connectivity index (χ1n) is 14.5. The second-order valence-electron chi connectivity index (χ2n) is 10.9. The van der Waals surface area contributed by atoms with Gasteiger partial charge in [0.15, 0.2) is 0 Å². The molecule has 0 saturated carbocycles. The van der Waals surface area contributed by atoms with E-state index in [-0.39, 0.29) is 0 Å². The second kappa shape index (κ2) is 9.37. The zero-order valence-electron chi connectivity index (χ0n) is 23.2. The fourth-order valence-electron chi connectivity index (χ4n) is 6.56. The number of hydrogen-bond donors (Lipinski definition) is 0. The molecule has 0 fully saturated rings. The van der Waals surface area contributed by atoms with Gasteiger partial charge in [-0.1, -0.05) is 109 Å². The summed E-state index contributed by atoms with van der Waals surface area (Å²) < 4.78 is 13.1. The molecule has 0 aliphatic rings. The van der Waals surface area contributed by atoms with E-state index in [4.69, 9.17) is 8.83 Å². The fourth-order valence-corrected chi connectivity index (χ4v) is 6.56. The molecule has 3 heteroatoms. The van der Waals surface area contributed by atoms with Crippen LogP contribution in [0.1, 0.15) is 0 Å². The quantitative estimate of drug-likeness (QED) is 0.218. The molecule has 2 heterocycles. The zero-order valence-corrected chi connectivity index (χ0v) is 23.2. The number of furan rings is 2. The predicted octanol–water partition coefficient (Wildman–Crippen LogP) is 11.8. The Bertz CT molecular complexity index is 2470. The molecule has 3 nitrogen and oxygen atoms in total. The van der Waals surface area contributed by atoms with Crippen LogP contribution in [-0.4, -0.2) is 0 Å². The fraction of sp³-hybridized carbons (Fsp3) is 0. The van der Waals surface area contributed by atoms with Gasteiger partial charge in [-0.25, -0.2) is 0 Å². The van der Waals surface area contributed by atoms with Gasteiger partial charge in [0.25, 0.3) is 0 Å². The first kappa shape index (κ1) is 23.9. The van der Waals surface area contributed by atoms with Crippen molar-refractivity contribution in [2.75, 3.05) is 4.90 Å². The highest BCUT2D eigenvalue weighted by molar-refractivity contribution is 6.18. The van der Waals surface area contributed by atoms with Crippen LogP contribution in [0.4, 0.5) is 17.1 Å². The average Bonchev–Trinajstić information content (AvgIpc) is 3.65. The Morgan fingerprint density at radius 1 is 0.372 bits per heavy atom. The number of benzene rings is 7. The number of rotatable bonds is 4. The summed E-state index contributed by atoms with van der Waals surface area (Å²) in [6.45, 7) is 0. The van der Waals surface area contributed by atoms with Crippen molar-refractivity contribution in [2.45, 2.75) is 0 Å². The van der Waals surface area contributed by atoms with Gasteiger partial charge in [0, 0.05) is 38.4 Å². The van der Waals surface area contributed by atoms with Crippen molar-refractivity contribution in [1.29, 1.82) is 0 Å². The number of hydrogen-bond acceptors (Lipinski definition) is 3. The summed E-state index contributed by atoms with van der Waals surface area (Å²) >= 11 is 0. The van der Waals surface area contributed by atoms with Crippen molar-refractivity contribution in [1.82, 2.24) is 0 Å². The van der Waals surface area contributed by atoms with Gasteiger partial charge in [0.05, 0.1) is 16.8 Å². The van der Waals surface area contributed by atoms with Crippen LogP contribution in [-0.2, 0) is 0 Å². The van der Waals surface area contributed by atoms with Gasteiger partial charge in [-0.3, -0.25) is 0 Å². The normalized spacial score (nSPS) is 11.7. The van der Waals surface area contributed by atoms with E-state index in [1.54, 1.807) is 0 Å². The van der Waals surface area contributed by atoms with Crippen LogP contribution in [0, 0.1) is 0 Å². The molecule has 0 aliphatic carbocycles. The van der Waals surface area contributed by atoms with Crippen LogP contribution in [0.25, 0.3) is 65.8 Å². The van der Waals surface area contributed by atoms with Crippen LogP contribution < -0.4 is 4.90 Å². The van der Waals surface area contributed by atoms with E-state index in [1.165, 1.54) is 5.39 Å². The van der Waals surface area contributed by atoms with Crippen molar-refractivity contribution < 1.29 is 8.83 Å². The largest absolute Gasteiger partial charge is 0.456 e. The summed E-state index contributed by atoms with van der Waals surface area (Å²) in [5.41, 5.74) is 8.88. The Labute approximate surface area is 247 Å². The van der Waals surface area contributed by atoms with Crippen molar-refractivity contribution >= 4 is 71.7 Å². The molecule has 9 aromatic rings. The van der Waals surface area contributed by atoms with E-state index >= 15 is 0 Å². The standard InChI is InChI=1S/C40H25NO2/c1-2-13-27(14-3-1)41(35-21-11-23-37-38(35)33-17-7-9-22-36(33)42-37)34-20-8-6-16-29(34)30-18-10-19-31-32-25-24-26-12-4-5-15-28(26)39(32)43-40(30)31/h1-25H. The Hall–Kier alpha value is -5.80. The van der Waals surface area contributed by atoms with Gasteiger partial charge in [-0.2, -0.15) is 0 Å². The monoisotopic (exact) mass is 551 g/mol. The molecule has 43 heavy (non-hydrogen) atoms. The van der Waals surface area contributed by atoms with Crippen molar-refractivity contribution in [3.05, 3.63) is 152 Å². The van der Waals surface area contributed by atoms with Gasteiger partial charge in [-0.15, -0.1) is 0 Å². The first-order valence-corrected chi connectivity index (χ1v) is 14.5. The van der Waals surface area contributed by atoms with Crippen LogP contribution >= 0.6 is 0 Å². The molecule has 0 saturated heterocycles. The lowest BCUT2D eigenvalue weighted by atomic mass is 9.98. The number of fused-ring (bicyclic) bond motifs is 8. The number of anilines is 3. The number of nitrogens with zero attached hydrogens (tertiary/aromatic N) is 1. The van der Waals surface area contributed by atoms with Crippen molar-refractivity contribution in [3.63, 3.8) is 0 Å². The molecule has 0 spiro atoms. The van der Waals surface area contributed by atoms with Crippen LogP contribution in [0.5, 0.6) is 0 Å². The summed E-state index contributed by atoms with van der Waals surface area (Å²) in [4.78, 5) is 2.34. The lowest BCUT2D eigenvalue weighted by Crippen LogP contribution is -2.11. The molecule has 0 bridgehead atoms. The van der Waals surface area contributed by atoms with E-state index in [2.05, 4.69) is 138 Å². The van der Waals surface area contributed by atoms with E-state index < -0.39 is 0 Å². The Morgan fingerprint density at radius 3 is 1.95 bits per heavy atom. The van der Waals surface area contributed by atoms with Gasteiger partial charge in [-0.05, 0) is 47.9 Å². The topological polar surface area (TPSA) is 29.5 Å². The Morgan fingerprint density at radius 2 is 1.02 bits per heavy atom. The molecule has 202 valence electrons. The molecule has 0 atom stereocenters. The highest BCUT2D eigenvalue weighted by Crippen LogP contribution is 2.47. The van der Waals surface area contributed by atoms with Gasteiger partial charge in [0.2, 0.25) is 0 Å². The van der Waals surface area contributed by atoms with Crippen molar-refractivity contribution in [2.24, 2.45) is 0 Å². The first-order chi connectivity index (χ1) is 21.3. The lowest BCUT2D eigenvalue weighted by molar-refractivity contribution is 0.669. The highest BCUT2D eigenvalue weighted by atomic mass is 16.3. The SMILES string of the molecule is c1ccc(N(c2ccccc2-c2cccc3c2oc2c4ccccc4ccc32)c2cccc3oc4ccccc4c23)cc1. The summed E-state index contributed by atoms with van der Waals surface area (Å²) in [5, 5.41) is 6.72. The molecule has 0 radical (unpaired) electrons. The Kier molecular flexibility index (Phi) is 5.20. The summed E-state index contributed by atoms with van der Waals surface area (Å²) in [6.07, 6.45) is 0. The minimum atomic E-state index is 0.864. The average molecular weight is 552 g/mol. The van der Waals surface area contributed by atoms with Crippen LogP contribution in [0.15, 0.2) is 160 Å². The predicted molar refractivity (Wildman–Crippen MR) is 179 cm³/mol. The van der Waals surface area contributed by atoms with E-state index in [1.807, 2.05) is 18.2 Å². The molecule has 0 amide bonds. The summed E-state index contributed by atoms with van der Waals surface area (Å²) in [6, 6.07) is 53.0. The van der Waals surface area contributed by atoms with Gasteiger partial charge >= 0.3 is 0 Å². The molecular formula is C40H25NO2. The zero-order chi connectivity index (χ0) is 28.3. The van der Waals surface area contributed by atoms with Gasteiger partial charge in [0.1, 0.15) is 22.3 Å². The third-order valence-electron chi connectivity index (χ3n) is 8.46. The summed E-state index contributed by atoms with van der Waals surface area (Å²) in [5.74, 6) is 0. The maximum absolute atomic E-state index is 6.78. The maximum atomic E-state index is 6.78.